The van der Waals surface area contributed by atoms with Crippen molar-refractivity contribution in [3.8, 4) is 11.5 Å². The third kappa shape index (κ3) is 4.81. The molecule has 3 amide bonds. The second-order valence-corrected chi connectivity index (χ2v) is 5.74. The highest BCUT2D eigenvalue weighted by atomic mass is 16.5. The minimum Gasteiger partial charge on any atom is -0.496 e. The maximum atomic E-state index is 12.5. The van der Waals surface area contributed by atoms with E-state index in [0.717, 1.165) is 0 Å². The van der Waals surface area contributed by atoms with Gasteiger partial charge in [-0.15, -0.1) is 0 Å². The van der Waals surface area contributed by atoms with Gasteiger partial charge in [-0.2, -0.15) is 0 Å². The Balaban J connectivity index is 2.15. The van der Waals surface area contributed by atoms with Gasteiger partial charge in [0.25, 0.3) is 5.91 Å². The first-order valence-corrected chi connectivity index (χ1v) is 8.18. The van der Waals surface area contributed by atoms with Gasteiger partial charge in [-0.1, -0.05) is 0 Å². The van der Waals surface area contributed by atoms with E-state index < -0.39 is 23.9 Å². The Hall–Kier alpha value is -3.43. The molecule has 0 aliphatic rings. The van der Waals surface area contributed by atoms with Gasteiger partial charge in [0.2, 0.25) is 0 Å². The minimum absolute atomic E-state index is 0.133. The Morgan fingerprint density at radius 1 is 1.22 bits per heavy atom. The van der Waals surface area contributed by atoms with Gasteiger partial charge in [-0.25, -0.2) is 9.59 Å². The van der Waals surface area contributed by atoms with Gasteiger partial charge in [0.1, 0.15) is 23.2 Å². The molecule has 1 heterocycles. The van der Waals surface area contributed by atoms with Crippen LogP contribution in [0.4, 0.5) is 4.79 Å². The first-order chi connectivity index (χ1) is 12.9. The van der Waals surface area contributed by atoms with Crippen LogP contribution < -0.4 is 25.8 Å². The highest BCUT2D eigenvalue weighted by molar-refractivity contribution is 6.02. The average molecular weight is 378 g/mol. The zero-order valence-electron chi connectivity index (χ0n) is 15.0. The molecule has 1 atom stereocenters. The van der Waals surface area contributed by atoms with Gasteiger partial charge in [0.05, 0.1) is 19.7 Å². The van der Waals surface area contributed by atoms with E-state index in [1.165, 1.54) is 14.2 Å². The number of ether oxygens (including phenoxy) is 2. The molecular formula is C17H22N4O6. The topological polar surface area (TPSA) is 156 Å². The number of aromatic nitrogens is 1. The number of aliphatic carboxylic acids is 1. The number of primary amides is 1. The number of amides is 3. The number of fused-ring (bicyclic) bond motifs is 1. The number of aromatic amines is 1. The summed E-state index contributed by atoms with van der Waals surface area (Å²) in [5, 5.41) is 14.8. The molecule has 0 bridgehead atoms. The molecule has 1 aromatic carbocycles. The zero-order chi connectivity index (χ0) is 20.0. The Kier molecular flexibility index (Phi) is 6.47. The van der Waals surface area contributed by atoms with Gasteiger partial charge < -0.3 is 35.9 Å². The van der Waals surface area contributed by atoms with Crippen molar-refractivity contribution in [2.75, 3.05) is 20.8 Å². The number of carbonyl (C=O) groups excluding carboxylic acids is 2. The molecule has 0 fully saturated rings. The maximum Gasteiger partial charge on any atom is 0.326 e. The quantitative estimate of drug-likeness (QED) is 0.407. The minimum atomic E-state index is -1.17. The molecule has 6 N–H and O–H groups in total. The number of hydrogen-bond acceptors (Lipinski definition) is 5. The van der Waals surface area contributed by atoms with Crippen LogP contribution in [0, 0.1) is 0 Å². The molecule has 0 radical (unpaired) electrons. The molecular weight excluding hydrogens is 356 g/mol. The van der Waals surface area contributed by atoms with Gasteiger partial charge in [-0.05, 0) is 31.0 Å². The third-order valence-corrected chi connectivity index (χ3v) is 3.97. The summed E-state index contributed by atoms with van der Waals surface area (Å²) in [6, 6.07) is 3.18. The monoisotopic (exact) mass is 378 g/mol. The van der Waals surface area contributed by atoms with Crippen LogP contribution in [0.15, 0.2) is 18.2 Å². The first-order valence-electron chi connectivity index (χ1n) is 8.18. The van der Waals surface area contributed by atoms with Gasteiger partial charge in [-0.3, -0.25) is 4.79 Å². The van der Waals surface area contributed by atoms with E-state index in [-0.39, 0.29) is 18.7 Å². The lowest BCUT2D eigenvalue weighted by molar-refractivity contribution is -0.139. The number of nitrogens with two attached hydrogens (primary N) is 1. The smallest absolute Gasteiger partial charge is 0.326 e. The number of benzene rings is 1. The standard InChI is InChI=1S/C17H22N4O6/c1-26-12-5-6-13(27-2)14-9(12)8-11(20-14)15(22)21-10(16(23)24)4-3-7-19-17(18)25/h5-6,8,10,20H,3-4,7H2,1-2H3,(H,21,22)(H,23,24)(H3,18,19,25). The summed E-state index contributed by atoms with van der Waals surface area (Å²) in [4.78, 5) is 37.4. The highest BCUT2D eigenvalue weighted by Gasteiger charge is 2.22. The normalized spacial score (nSPS) is 11.6. The van der Waals surface area contributed by atoms with Crippen molar-refractivity contribution < 1.29 is 29.0 Å². The van der Waals surface area contributed by atoms with Crippen molar-refractivity contribution in [1.29, 1.82) is 0 Å². The van der Waals surface area contributed by atoms with E-state index in [9.17, 15) is 19.5 Å². The number of nitrogens with one attached hydrogen (secondary N) is 3. The molecule has 10 nitrogen and oxygen atoms in total. The van der Waals surface area contributed by atoms with Crippen molar-refractivity contribution in [1.82, 2.24) is 15.6 Å². The molecule has 2 aromatic rings. The van der Waals surface area contributed by atoms with Crippen LogP contribution in [-0.2, 0) is 4.79 Å². The lowest BCUT2D eigenvalue weighted by Crippen LogP contribution is -2.41. The summed E-state index contributed by atoms with van der Waals surface area (Å²) >= 11 is 0. The van der Waals surface area contributed by atoms with Gasteiger partial charge in [0.15, 0.2) is 0 Å². The SMILES string of the molecule is COc1ccc(OC)c2[nH]c(C(=O)NC(CCCNC(N)=O)C(=O)O)cc12. The number of hydrogen-bond donors (Lipinski definition) is 5. The fourth-order valence-corrected chi connectivity index (χ4v) is 2.65. The Labute approximate surface area is 155 Å². The fourth-order valence-electron chi connectivity index (χ4n) is 2.65. The third-order valence-electron chi connectivity index (χ3n) is 3.97. The summed E-state index contributed by atoms with van der Waals surface area (Å²) < 4.78 is 10.5. The fraction of sp³-hybridized carbons (Fsp3) is 0.353. The number of rotatable bonds is 9. The predicted octanol–water partition coefficient (Wildman–Crippen LogP) is 0.817. The maximum absolute atomic E-state index is 12.5. The van der Waals surface area contributed by atoms with Crippen LogP contribution in [0.3, 0.4) is 0 Å². The molecule has 1 aromatic heterocycles. The van der Waals surface area contributed by atoms with Crippen LogP contribution in [-0.4, -0.2) is 54.8 Å². The van der Waals surface area contributed by atoms with E-state index in [1.54, 1.807) is 18.2 Å². The van der Waals surface area contributed by atoms with Crippen LogP contribution in [0.2, 0.25) is 0 Å². The van der Waals surface area contributed by atoms with Gasteiger partial charge >= 0.3 is 12.0 Å². The van der Waals surface area contributed by atoms with Crippen LogP contribution in [0.1, 0.15) is 23.3 Å². The van der Waals surface area contributed by atoms with Crippen molar-refractivity contribution in [3.63, 3.8) is 0 Å². The van der Waals surface area contributed by atoms with Crippen molar-refractivity contribution >= 4 is 28.8 Å². The molecule has 2 rings (SSSR count). The summed E-state index contributed by atoms with van der Waals surface area (Å²) in [5.41, 5.74) is 5.69. The Morgan fingerprint density at radius 2 is 1.89 bits per heavy atom. The molecule has 0 saturated carbocycles. The average Bonchev–Trinajstić information content (AvgIpc) is 3.08. The molecule has 27 heavy (non-hydrogen) atoms. The van der Waals surface area contributed by atoms with E-state index in [2.05, 4.69) is 15.6 Å². The summed E-state index contributed by atoms with van der Waals surface area (Å²) in [7, 11) is 3.01. The van der Waals surface area contributed by atoms with E-state index in [4.69, 9.17) is 15.2 Å². The Morgan fingerprint density at radius 3 is 2.48 bits per heavy atom. The number of urea groups is 1. The van der Waals surface area contributed by atoms with Crippen molar-refractivity contribution in [3.05, 3.63) is 23.9 Å². The molecule has 0 aliphatic carbocycles. The number of carboxylic acid groups (broad SMARTS) is 1. The largest absolute Gasteiger partial charge is 0.496 e. The summed E-state index contributed by atoms with van der Waals surface area (Å²) in [6.07, 6.45) is 0.475. The zero-order valence-corrected chi connectivity index (χ0v) is 15.0. The van der Waals surface area contributed by atoms with Crippen LogP contribution >= 0.6 is 0 Å². The second kappa shape index (κ2) is 8.79. The number of carbonyl (C=O) groups is 3. The highest BCUT2D eigenvalue weighted by Crippen LogP contribution is 2.33. The Bertz CT molecular complexity index is 806. The van der Waals surface area contributed by atoms with Crippen LogP contribution in [0.25, 0.3) is 10.9 Å². The van der Waals surface area contributed by atoms with Crippen LogP contribution in [0.5, 0.6) is 11.5 Å². The molecule has 146 valence electrons. The molecule has 1 unspecified atom stereocenters. The van der Waals surface area contributed by atoms with Crippen molar-refractivity contribution in [2.24, 2.45) is 5.73 Å². The lowest BCUT2D eigenvalue weighted by Gasteiger charge is -2.14. The number of carboxylic acids is 1. The number of H-pyrrole nitrogens is 1. The summed E-state index contributed by atoms with van der Waals surface area (Å²) in [5.74, 6) is -0.676. The molecule has 0 saturated heterocycles. The van der Waals surface area contributed by atoms with E-state index >= 15 is 0 Å². The van der Waals surface area contributed by atoms with E-state index in [1.807, 2.05) is 0 Å². The predicted molar refractivity (Wildman–Crippen MR) is 97.1 cm³/mol. The molecule has 0 aliphatic heterocycles. The van der Waals surface area contributed by atoms with Gasteiger partial charge in [0, 0.05) is 11.9 Å². The van der Waals surface area contributed by atoms with E-state index in [0.29, 0.717) is 28.8 Å². The molecule has 0 spiro atoms. The second-order valence-electron chi connectivity index (χ2n) is 5.74. The van der Waals surface area contributed by atoms with Crippen molar-refractivity contribution in [2.45, 2.75) is 18.9 Å². The first kappa shape index (κ1) is 19.9. The number of methoxy groups -OCH3 is 2. The lowest BCUT2D eigenvalue weighted by atomic mass is 10.1. The molecule has 10 heteroatoms. The summed E-state index contributed by atoms with van der Waals surface area (Å²) in [6.45, 7) is 0.218.